The van der Waals surface area contributed by atoms with E-state index in [2.05, 4.69) is 12.2 Å². The van der Waals surface area contributed by atoms with Gasteiger partial charge < -0.3 is 19.7 Å². The number of benzene rings is 1. The lowest BCUT2D eigenvalue weighted by atomic mass is 10.1. The molecule has 0 unspecified atom stereocenters. The lowest BCUT2D eigenvalue weighted by molar-refractivity contribution is -0.134. The van der Waals surface area contributed by atoms with Crippen LogP contribution in [0, 0.1) is 0 Å². The molecule has 5 heteroatoms. The van der Waals surface area contributed by atoms with E-state index in [1.54, 1.807) is 0 Å². The number of nitrogens with zero attached hydrogens (tertiary/aromatic N) is 1. The van der Waals surface area contributed by atoms with Crippen LogP contribution in [0.5, 0.6) is 11.5 Å². The summed E-state index contributed by atoms with van der Waals surface area (Å²) in [5.41, 5.74) is 0. The van der Waals surface area contributed by atoms with Gasteiger partial charge in [0, 0.05) is 19.1 Å². The van der Waals surface area contributed by atoms with Gasteiger partial charge >= 0.3 is 0 Å². The van der Waals surface area contributed by atoms with Gasteiger partial charge in [0.15, 0.2) is 6.61 Å². The van der Waals surface area contributed by atoms with Gasteiger partial charge in [0.05, 0.1) is 6.61 Å². The Morgan fingerprint density at radius 1 is 1.18 bits per heavy atom. The molecule has 1 aromatic rings. The fourth-order valence-corrected chi connectivity index (χ4v) is 2.51. The first-order valence-electron chi connectivity index (χ1n) is 8.03. The number of nitrogens with one attached hydrogen (secondary N) is 1. The van der Waals surface area contributed by atoms with Crippen LogP contribution in [-0.2, 0) is 4.79 Å². The SMILES string of the molecule is CCCOc1ccc(OCC(=O)N2CCC(NC)CC2)cc1. The van der Waals surface area contributed by atoms with Crippen LogP contribution in [-0.4, -0.2) is 50.2 Å². The zero-order valence-corrected chi connectivity index (χ0v) is 13.5. The van der Waals surface area contributed by atoms with E-state index < -0.39 is 0 Å². The van der Waals surface area contributed by atoms with Crippen molar-refractivity contribution in [2.75, 3.05) is 33.4 Å². The van der Waals surface area contributed by atoms with Gasteiger partial charge in [-0.3, -0.25) is 4.79 Å². The summed E-state index contributed by atoms with van der Waals surface area (Å²) < 4.78 is 11.1. The average Bonchev–Trinajstić information content (AvgIpc) is 2.58. The van der Waals surface area contributed by atoms with Crippen molar-refractivity contribution in [2.45, 2.75) is 32.2 Å². The van der Waals surface area contributed by atoms with Gasteiger partial charge in [0.2, 0.25) is 0 Å². The van der Waals surface area contributed by atoms with Crippen molar-refractivity contribution in [1.82, 2.24) is 10.2 Å². The molecule has 1 aromatic carbocycles. The maximum Gasteiger partial charge on any atom is 0.260 e. The molecule has 1 saturated heterocycles. The van der Waals surface area contributed by atoms with E-state index in [0.717, 1.165) is 38.1 Å². The number of carbonyl (C=O) groups excluding carboxylic acids is 1. The van der Waals surface area contributed by atoms with E-state index in [1.807, 2.05) is 36.2 Å². The molecule has 2 rings (SSSR count). The highest BCUT2D eigenvalue weighted by Gasteiger charge is 2.21. The Hall–Kier alpha value is -1.75. The third-order valence-corrected chi connectivity index (χ3v) is 3.91. The lowest BCUT2D eigenvalue weighted by Crippen LogP contribution is -2.45. The van der Waals surface area contributed by atoms with E-state index in [1.165, 1.54) is 0 Å². The zero-order chi connectivity index (χ0) is 15.8. The Kier molecular flexibility index (Phi) is 6.52. The van der Waals surface area contributed by atoms with Crippen molar-refractivity contribution < 1.29 is 14.3 Å². The molecule has 0 atom stereocenters. The molecule has 1 N–H and O–H groups in total. The van der Waals surface area contributed by atoms with Gasteiger partial charge in [-0.2, -0.15) is 0 Å². The van der Waals surface area contributed by atoms with Gasteiger partial charge in [0.25, 0.3) is 5.91 Å². The van der Waals surface area contributed by atoms with E-state index in [9.17, 15) is 4.79 Å². The Bertz CT molecular complexity index is 453. The Balaban J connectivity index is 1.74. The minimum atomic E-state index is 0.0564. The molecular formula is C17H26N2O3. The molecule has 1 aliphatic heterocycles. The predicted molar refractivity (Wildman–Crippen MR) is 86.4 cm³/mol. The molecule has 1 fully saturated rings. The highest BCUT2D eigenvalue weighted by Crippen LogP contribution is 2.18. The number of carbonyl (C=O) groups is 1. The average molecular weight is 306 g/mol. The third-order valence-electron chi connectivity index (χ3n) is 3.91. The van der Waals surface area contributed by atoms with Crippen LogP contribution in [0.25, 0.3) is 0 Å². The second-order valence-corrected chi connectivity index (χ2v) is 5.55. The summed E-state index contributed by atoms with van der Waals surface area (Å²) in [4.78, 5) is 14.0. The number of likely N-dealkylation sites (tertiary alicyclic amines) is 1. The minimum Gasteiger partial charge on any atom is -0.494 e. The van der Waals surface area contributed by atoms with Crippen molar-refractivity contribution in [3.63, 3.8) is 0 Å². The molecule has 0 aliphatic carbocycles. The van der Waals surface area contributed by atoms with Crippen LogP contribution >= 0.6 is 0 Å². The fraction of sp³-hybridized carbons (Fsp3) is 0.588. The second kappa shape index (κ2) is 8.63. The molecule has 0 radical (unpaired) electrons. The maximum absolute atomic E-state index is 12.1. The molecule has 0 spiro atoms. The van der Waals surface area contributed by atoms with Crippen LogP contribution in [0.3, 0.4) is 0 Å². The standard InChI is InChI=1S/C17H26N2O3/c1-3-12-21-15-4-6-16(7-5-15)22-13-17(20)19-10-8-14(18-2)9-11-19/h4-7,14,18H,3,8-13H2,1-2H3. The van der Waals surface area contributed by atoms with Crippen molar-refractivity contribution >= 4 is 5.91 Å². The number of hydrogen-bond acceptors (Lipinski definition) is 4. The monoisotopic (exact) mass is 306 g/mol. The summed E-state index contributed by atoms with van der Waals surface area (Å²) in [6.45, 7) is 4.48. The molecular weight excluding hydrogens is 280 g/mol. The van der Waals surface area contributed by atoms with Crippen LogP contribution in [0.2, 0.25) is 0 Å². The van der Waals surface area contributed by atoms with Gasteiger partial charge in [-0.25, -0.2) is 0 Å². The van der Waals surface area contributed by atoms with Crippen LogP contribution in [0.1, 0.15) is 26.2 Å². The van der Waals surface area contributed by atoms with E-state index >= 15 is 0 Å². The summed E-state index contributed by atoms with van der Waals surface area (Å²) >= 11 is 0. The highest BCUT2D eigenvalue weighted by atomic mass is 16.5. The van der Waals surface area contributed by atoms with E-state index in [0.29, 0.717) is 18.4 Å². The Labute approximate surface area is 132 Å². The van der Waals surface area contributed by atoms with Gasteiger partial charge in [0.1, 0.15) is 11.5 Å². The van der Waals surface area contributed by atoms with Crippen molar-refractivity contribution in [2.24, 2.45) is 0 Å². The molecule has 122 valence electrons. The number of amides is 1. The molecule has 1 amide bonds. The normalized spacial score (nSPS) is 15.6. The van der Waals surface area contributed by atoms with E-state index in [4.69, 9.17) is 9.47 Å². The van der Waals surface area contributed by atoms with Crippen LogP contribution < -0.4 is 14.8 Å². The van der Waals surface area contributed by atoms with Crippen molar-refractivity contribution in [1.29, 1.82) is 0 Å². The smallest absolute Gasteiger partial charge is 0.260 e. The fourth-order valence-electron chi connectivity index (χ4n) is 2.51. The lowest BCUT2D eigenvalue weighted by Gasteiger charge is -2.31. The number of piperidine rings is 1. The van der Waals surface area contributed by atoms with Gasteiger partial charge in [-0.15, -0.1) is 0 Å². The number of ether oxygens (including phenoxy) is 2. The first-order chi connectivity index (χ1) is 10.7. The summed E-state index contributed by atoms with van der Waals surface area (Å²) in [6.07, 6.45) is 2.99. The summed E-state index contributed by atoms with van der Waals surface area (Å²) in [7, 11) is 1.97. The molecule has 0 saturated carbocycles. The Morgan fingerprint density at radius 3 is 2.32 bits per heavy atom. The highest BCUT2D eigenvalue weighted by molar-refractivity contribution is 5.77. The molecule has 22 heavy (non-hydrogen) atoms. The van der Waals surface area contributed by atoms with Crippen LogP contribution in [0.15, 0.2) is 24.3 Å². The molecule has 1 heterocycles. The molecule has 1 aliphatic rings. The van der Waals surface area contributed by atoms with E-state index in [-0.39, 0.29) is 12.5 Å². The topological polar surface area (TPSA) is 50.8 Å². The first-order valence-corrected chi connectivity index (χ1v) is 8.03. The number of hydrogen-bond donors (Lipinski definition) is 1. The van der Waals surface area contributed by atoms with Crippen molar-refractivity contribution in [3.8, 4) is 11.5 Å². The predicted octanol–water partition coefficient (Wildman–Crippen LogP) is 2.06. The second-order valence-electron chi connectivity index (χ2n) is 5.55. The quantitative estimate of drug-likeness (QED) is 0.838. The van der Waals surface area contributed by atoms with Crippen LogP contribution in [0.4, 0.5) is 0 Å². The van der Waals surface area contributed by atoms with Crippen molar-refractivity contribution in [3.05, 3.63) is 24.3 Å². The van der Waals surface area contributed by atoms with Gasteiger partial charge in [-0.05, 0) is 50.6 Å². The molecule has 0 bridgehead atoms. The molecule has 0 aromatic heterocycles. The Morgan fingerprint density at radius 2 is 1.77 bits per heavy atom. The number of rotatable bonds is 7. The molecule has 5 nitrogen and oxygen atoms in total. The summed E-state index contributed by atoms with van der Waals surface area (Å²) in [5.74, 6) is 1.58. The largest absolute Gasteiger partial charge is 0.494 e. The zero-order valence-electron chi connectivity index (χ0n) is 13.5. The minimum absolute atomic E-state index is 0.0564. The first kappa shape index (κ1) is 16.6. The summed E-state index contributed by atoms with van der Waals surface area (Å²) in [5, 5.41) is 3.26. The maximum atomic E-state index is 12.1. The van der Waals surface area contributed by atoms with Gasteiger partial charge in [-0.1, -0.05) is 6.92 Å². The summed E-state index contributed by atoms with van der Waals surface area (Å²) in [6, 6.07) is 7.94. The third kappa shape index (κ3) is 4.91.